The zero-order chi connectivity index (χ0) is 19.3. The molecule has 1 aromatic rings. The molecule has 0 radical (unpaired) electrons. The summed E-state index contributed by atoms with van der Waals surface area (Å²) < 4.78 is 0. The van der Waals surface area contributed by atoms with E-state index in [1.165, 1.54) is 5.56 Å². The van der Waals surface area contributed by atoms with Crippen LogP contribution in [0.4, 0.5) is 0 Å². The molecular formula is C21H34ClN3O2. The Morgan fingerprint density at radius 1 is 1.15 bits per heavy atom. The molecule has 5 nitrogen and oxygen atoms in total. The molecule has 1 heterocycles. The predicted molar refractivity (Wildman–Crippen MR) is 113 cm³/mol. The highest BCUT2D eigenvalue weighted by atomic mass is 35.5. The molecule has 1 unspecified atom stereocenters. The fraction of sp³-hybridized carbons (Fsp3) is 0.619. The highest BCUT2D eigenvalue weighted by molar-refractivity contribution is 5.97. The number of halogens is 1. The molecule has 2 atom stereocenters. The minimum Gasteiger partial charge on any atom is -0.350 e. The average molecular weight is 396 g/mol. The summed E-state index contributed by atoms with van der Waals surface area (Å²) in [5, 5.41) is 9.27. The second-order valence-corrected chi connectivity index (χ2v) is 8.57. The fourth-order valence-corrected chi connectivity index (χ4v) is 3.15. The van der Waals surface area contributed by atoms with Gasteiger partial charge in [-0.3, -0.25) is 9.59 Å². The summed E-state index contributed by atoms with van der Waals surface area (Å²) in [6.07, 6.45) is 2.04. The molecule has 3 N–H and O–H groups in total. The molecule has 6 heteroatoms. The van der Waals surface area contributed by atoms with Crippen LogP contribution in [-0.4, -0.2) is 37.0 Å². The van der Waals surface area contributed by atoms with Gasteiger partial charge in [0.15, 0.2) is 0 Å². The average Bonchev–Trinajstić information content (AvgIpc) is 2.59. The lowest BCUT2D eigenvalue weighted by Crippen LogP contribution is -2.54. The second kappa shape index (κ2) is 10.1. The first-order valence-electron chi connectivity index (χ1n) is 9.61. The van der Waals surface area contributed by atoms with E-state index in [1.54, 1.807) is 0 Å². The van der Waals surface area contributed by atoms with E-state index in [2.05, 4.69) is 36.7 Å². The number of rotatable bonds is 5. The summed E-state index contributed by atoms with van der Waals surface area (Å²) in [6, 6.07) is 7.22. The van der Waals surface area contributed by atoms with E-state index < -0.39 is 6.04 Å². The zero-order valence-corrected chi connectivity index (χ0v) is 17.9. The minimum atomic E-state index is -0.535. The fourth-order valence-electron chi connectivity index (χ4n) is 3.15. The molecule has 0 saturated carbocycles. The molecule has 1 saturated heterocycles. The monoisotopic (exact) mass is 395 g/mol. The topological polar surface area (TPSA) is 70.2 Å². The van der Waals surface area contributed by atoms with Gasteiger partial charge in [0.1, 0.15) is 6.04 Å². The molecular weight excluding hydrogens is 362 g/mol. The van der Waals surface area contributed by atoms with Crippen LogP contribution in [0.3, 0.4) is 0 Å². The molecule has 1 aliphatic heterocycles. The Morgan fingerprint density at radius 3 is 2.26 bits per heavy atom. The third-order valence-electron chi connectivity index (χ3n) is 4.89. The summed E-state index contributed by atoms with van der Waals surface area (Å²) in [5.41, 5.74) is 1.80. The van der Waals surface area contributed by atoms with Gasteiger partial charge in [0, 0.05) is 18.2 Å². The van der Waals surface area contributed by atoms with E-state index >= 15 is 0 Å². The summed E-state index contributed by atoms with van der Waals surface area (Å²) in [4.78, 5) is 25.3. The van der Waals surface area contributed by atoms with Crippen molar-refractivity contribution in [1.82, 2.24) is 16.0 Å². The van der Waals surface area contributed by atoms with Crippen LogP contribution in [0.1, 0.15) is 63.4 Å². The Kier molecular flexibility index (Phi) is 8.76. The lowest BCUT2D eigenvalue weighted by Gasteiger charge is -2.28. The summed E-state index contributed by atoms with van der Waals surface area (Å²) in [6.45, 7) is 12.1. The largest absolute Gasteiger partial charge is 0.350 e. The molecule has 2 amide bonds. The van der Waals surface area contributed by atoms with Crippen molar-refractivity contribution >= 4 is 24.2 Å². The van der Waals surface area contributed by atoms with Gasteiger partial charge in [-0.1, -0.05) is 46.8 Å². The molecule has 27 heavy (non-hydrogen) atoms. The first-order chi connectivity index (χ1) is 12.2. The van der Waals surface area contributed by atoms with Crippen LogP contribution in [-0.2, 0) is 10.2 Å². The van der Waals surface area contributed by atoms with Crippen molar-refractivity contribution in [2.24, 2.45) is 5.92 Å². The maximum atomic E-state index is 12.7. The lowest BCUT2D eigenvalue weighted by molar-refractivity contribution is -0.124. The number of amides is 2. The van der Waals surface area contributed by atoms with E-state index in [1.807, 2.05) is 38.1 Å². The van der Waals surface area contributed by atoms with Crippen molar-refractivity contribution in [2.45, 2.75) is 65.0 Å². The van der Waals surface area contributed by atoms with Crippen molar-refractivity contribution in [3.8, 4) is 0 Å². The third kappa shape index (κ3) is 6.82. The van der Waals surface area contributed by atoms with Crippen LogP contribution >= 0.6 is 12.4 Å². The summed E-state index contributed by atoms with van der Waals surface area (Å²) in [7, 11) is 0. The molecule has 2 rings (SSSR count). The number of nitrogens with one attached hydrogen (secondary N) is 3. The summed E-state index contributed by atoms with van der Waals surface area (Å²) >= 11 is 0. The van der Waals surface area contributed by atoms with Crippen LogP contribution in [0.5, 0.6) is 0 Å². The van der Waals surface area contributed by atoms with E-state index in [0.29, 0.717) is 5.56 Å². The Bertz CT molecular complexity index is 617. The van der Waals surface area contributed by atoms with Gasteiger partial charge in [0.25, 0.3) is 5.91 Å². The van der Waals surface area contributed by atoms with Gasteiger partial charge >= 0.3 is 0 Å². The van der Waals surface area contributed by atoms with Crippen LogP contribution in [0.2, 0.25) is 0 Å². The second-order valence-electron chi connectivity index (χ2n) is 8.57. The smallest absolute Gasteiger partial charge is 0.251 e. The van der Waals surface area contributed by atoms with Crippen LogP contribution in [0.25, 0.3) is 0 Å². The SMILES string of the molecule is CC(C)C(NC(=O)c1ccc(C(C)(C)C)cc1)C(=O)N[C@H]1CCCNC1.Cl. The van der Waals surface area contributed by atoms with Crippen molar-refractivity contribution in [2.75, 3.05) is 13.1 Å². The van der Waals surface area contributed by atoms with Gasteiger partial charge in [-0.05, 0) is 48.4 Å². The predicted octanol–water partition coefficient (Wildman–Crippen LogP) is 3.03. The van der Waals surface area contributed by atoms with Gasteiger partial charge in [0.05, 0.1) is 0 Å². The first kappa shape index (κ1) is 23.4. The Balaban J connectivity index is 0.00000364. The van der Waals surface area contributed by atoms with Gasteiger partial charge in [-0.15, -0.1) is 12.4 Å². The van der Waals surface area contributed by atoms with Crippen LogP contribution in [0.15, 0.2) is 24.3 Å². The van der Waals surface area contributed by atoms with E-state index in [0.717, 1.165) is 25.9 Å². The third-order valence-corrected chi connectivity index (χ3v) is 4.89. The molecule has 1 aromatic carbocycles. The highest BCUT2D eigenvalue weighted by Crippen LogP contribution is 2.22. The number of piperidine rings is 1. The Hall–Kier alpha value is -1.59. The van der Waals surface area contributed by atoms with Gasteiger partial charge in [0.2, 0.25) is 5.91 Å². The van der Waals surface area contributed by atoms with Gasteiger partial charge in [-0.25, -0.2) is 0 Å². The number of benzene rings is 1. The number of hydrogen-bond acceptors (Lipinski definition) is 3. The maximum absolute atomic E-state index is 12.7. The van der Waals surface area contributed by atoms with Crippen LogP contribution in [0, 0.1) is 5.92 Å². The molecule has 0 bridgehead atoms. The molecule has 0 aromatic heterocycles. The molecule has 1 fully saturated rings. The van der Waals surface area contributed by atoms with Gasteiger partial charge in [-0.2, -0.15) is 0 Å². The van der Waals surface area contributed by atoms with Crippen molar-refractivity contribution < 1.29 is 9.59 Å². The Morgan fingerprint density at radius 2 is 1.78 bits per heavy atom. The Labute approximate surface area is 169 Å². The van der Waals surface area contributed by atoms with E-state index in [4.69, 9.17) is 0 Å². The van der Waals surface area contributed by atoms with Crippen molar-refractivity contribution in [3.63, 3.8) is 0 Å². The van der Waals surface area contributed by atoms with Crippen LogP contribution < -0.4 is 16.0 Å². The molecule has 152 valence electrons. The minimum absolute atomic E-state index is 0. The van der Waals surface area contributed by atoms with E-state index in [-0.39, 0.29) is 41.6 Å². The zero-order valence-electron chi connectivity index (χ0n) is 17.1. The normalized spacial score (nSPS) is 18.4. The van der Waals surface area contributed by atoms with Crippen molar-refractivity contribution in [1.29, 1.82) is 0 Å². The standard InChI is InChI=1S/C21H33N3O2.ClH/c1-14(2)18(20(26)23-17-7-6-12-22-13-17)24-19(25)15-8-10-16(11-9-15)21(3,4)5;/h8-11,14,17-18,22H,6-7,12-13H2,1-5H3,(H,23,26)(H,24,25);1H/t17-,18?;/m0./s1. The van der Waals surface area contributed by atoms with Crippen molar-refractivity contribution in [3.05, 3.63) is 35.4 Å². The maximum Gasteiger partial charge on any atom is 0.251 e. The number of carbonyl (C=O) groups excluding carboxylic acids is 2. The van der Waals surface area contributed by atoms with E-state index in [9.17, 15) is 9.59 Å². The first-order valence-corrected chi connectivity index (χ1v) is 9.61. The molecule has 0 spiro atoms. The number of carbonyl (C=O) groups is 2. The molecule has 0 aliphatic carbocycles. The van der Waals surface area contributed by atoms with Gasteiger partial charge < -0.3 is 16.0 Å². The number of hydrogen-bond donors (Lipinski definition) is 3. The quantitative estimate of drug-likeness (QED) is 0.717. The highest BCUT2D eigenvalue weighted by Gasteiger charge is 2.27. The molecule has 1 aliphatic rings. The summed E-state index contributed by atoms with van der Waals surface area (Å²) in [5.74, 6) is -0.293. The lowest BCUT2D eigenvalue weighted by atomic mass is 9.86.